The maximum Gasteiger partial charge on any atom is 0.134 e. The molecule has 0 amide bonds. The number of fused-ring (bicyclic) bond motifs is 1. The lowest BCUT2D eigenvalue weighted by atomic mass is 10.0. The van der Waals surface area contributed by atoms with Gasteiger partial charge in [-0.15, -0.1) is 5.10 Å². The zero-order chi connectivity index (χ0) is 17.2. The van der Waals surface area contributed by atoms with Gasteiger partial charge in [0, 0.05) is 44.1 Å². The van der Waals surface area contributed by atoms with Crippen LogP contribution in [0.2, 0.25) is 0 Å². The number of anilines is 1. The maximum atomic E-state index is 8.66. The van der Waals surface area contributed by atoms with Crippen LogP contribution in [0.3, 0.4) is 0 Å². The Bertz CT molecular complexity index is 916. The molecular formula is C18H19N7. The lowest BCUT2D eigenvalue weighted by Crippen LogP contribution is -2.45. The van der Waals surface area contributed by atoms with Crippen LogP contribution in [0.15, 0.2) is 42.9 Å². The molecule has 1 aliphatic rings. The van der Waals surface area contributed by atoms with Crippen molar-refractivity contribution in [3.63, 3.8) is 0 Å². The van der Waals surface area contributed by atoms with Crippen LogP contribution in [0.4, 0.5) is 5.69 Å². The summed E-state index contributed by atoms with van der Waals surface area (Å²) in [5.41, 5.74) is 4.29. The number of benzene rings is 1. The summed E-state index contributed by atoms with van der Waals surface area (Å²) in [6.45, 7) is 3.85. The molecule has 1 aliphatic heterocycles. The van der Waals surface area contributed by atoms with Crippen molar-refractivity contribution >= 4 is 22.4 Å². The van der Waals surface area contributed by atoms with E-state index in [1.165, 1.54) is 0 Å². The zero-order valence-electron chi connectivity index (χ0n) is 14.1. The quantitative estimate of drug-likeness (QED) is 0.733. The van der Waals surface area contributed by atoms with E-state index in [9.17, 15) is 0 Å². The highest BCUT2D eigenvalue weighted by Gasteiger charge is 2.20. The SMILES string of the molecule is CN1CCN(c2ccnnc2C(=N)c2ccc3nccnc3c2)CC1. The molecule has 7 heteroatoms. The number of nitrogens with one attached hydrogen (secondary N) is 1. The first kappa shape index (κ1) is 15.6. The smallest absolute Gasteiger partial charge is 0.134 e. The molecule has 1 saturated heterocycles. The third-order valence-electron chi connectivity index (χ3n) is 4.54. The van der Waals surface area contributed by atoms with Gasteiger partial charge in [0.1, 0.15) is 5.69 Å². The van der Waals surface area contributed by atoms with Crippen molar-refractivity contribution in [1.82, 2.24) is 25.1 Å². The van der Waals surface area contributed by atoms with Gasteiger partial charge in [0.2, 0.25) is 0 Å². The van der Waals surface area contributed by atoms with Crippen LogP contribution in [0, 0.1) is 5.41 Å². The molecular weight excluding hydrogens is 314 g/mol. The number of piperazine rings is 1. The second-order valence-corrected chi connectivity index (χ2v) is 6.19. The van der Waals surface area contributed by atoms with Crippen LogP contribution in [-0.2, 0) is 0 Å². The van der Waals surface area contributed by atoms with Crippen LogP contribution in [0.1, 0.15) is 11.3 Å². The molecule has 1 N–H and O–H groups in total. The first-order valence-corrected chi connectivity index (χ1v) is 8.27. The summed E-state index contributed by atoms with van der Waals surface area (Å²) in [5.74, 6) is 0. The lowest BCUT2D eigenvalue weighted by molar-refractivity contribution is 0.312. The van der Waals surface area contributed by atoms with Crippen molar-refractivity contribution in [3.8, 4) is 0 Å². The van der Waals surface area contributed by atoms with Gasteiger partial charge in [-0.05, 0) is 25.2 Å². The topological polar surface area (TPSA) is 81.9 Å². The molecule has 0 atom stereocenters. The second-order valence-electron chi connectivity index (χ2n) is 6.19. The Morgan fingerprint density at radius 3 is 2.52 bits per heavy atom. The molecule has 126 valence electrons. The molecule has 0 bridgehead atoms. The molecule has 3 heterocycles. The van der Waals surface area contributed by atoms with E-state index in [1.807, 2.05) is 24.3 Å². The van der Waals surface area contributed by atoms with E-state index in [1.54, 1.807) is 18.6 Å². The maximum absolute atomic E-state index is 8.66. The summed E-state index contributed by atoms with van der Waals surface area (Å²) in [7, 11) is 2.13. The van der Waals surface area contributed by atoms with Crippen molar-refractivity contribution in [2.45, 2.75) is 0 Å². The average molecular weight is 333 g/mol. The van der Waals surface area contributed by atoms with Crippen molar-refractivity contribution in [2.24, 2.45) is 0 Å². The van der Waals surface area contributed by atoms with E-state index in [2.05, 4.69) is 37.0 Å². The fourth-order valence-corrected chi connectivity index (χ4v) is 3.06. The number of hydrogen-bond acceptors (Lipinski definition) is 7. The van der Waals surface area contributed by atoms with Crippen molar-refractivity contribution in [2.75, 3.05) is 38.1 Å². The summed E-state index contributed by atoms with van der Waals surface area (Å²) < 4.78 is 0. The van der Waals surface area contributed by atoms with Crippen LogP contribution >= 0.6 is 0 Å². The highest BCUT2D eigenvalue weighted by atomic mass is 15.3. The van der Waals surface area contributed by atoms with Crippen molar-refractivity contribution in [3.05, 3.63) is 54.1 Å². The van der Waals surface area contributed by atoms with Gasteiger partial charge in [-0.3, -0.25) is 15.4 Å². The zero-order valence-corrected chi connectivity index (χ0v) is 14.1. The van der Waals surface area contributed by atoms with Gasteiger partial charge in [0.25, 0.3) is 0 Å². The lowest BCUT2D eigenvalue weighted by Gasteiger charge is -2.34. The molecule has 1 fully saturated rings. The monoisotopic (exact) mass is 333 g/mol. The predicted octanol–water partition coefficient (Wildman–Crippen LogP) is 1.59. The fourth-order valence-electron chi connectivity index (χ4n) is 3.06. The number of hydrogen-bond donors (Lipinski definition) is 1. The van der Waals surface area contributed by atoms with Gasteiger partial charge in [0.15, 0.2) is 0 Å². The molecule has 1 aromatic carbocycles. The van der Waals surface area contributed by atoms with Crippen LogP contribution in [-0.4, -0.2) is 64.0 Å². The molecule has 0 unspecified atom stereocenters. The minimum absolute atomic E-state index is 0.356. The number of nitrogens with zero attached hydrogens (tertiary/aromatic N) is 6. The Morgan fingerprint density at radius 1 is 0.960 bits per heavy atom. The predicted molar refractivity (Wildman–Crippen MR) is 97.2 cm³/mol. The summed E-state index contributed by atoms with van der Waals surface area (Å²) in [4.78, 5) is 13.2. The summed E-state index contributed by atoms with van der Waals surface area (Å²) in [6.07, 6.45) is 5.02. The molecule has 0 radical (unpaired) electrons. The fraction of sp³-hybridized carbons (Fsp3) is 0.278. The van der Waals surface area contributed by atoms with Gasteiger partial charge in [0.05, 0.1) is 28.6 Å². The highest BCUT2D eigenvalue weighted by molar-refractivity contribution is 6.13. The normalized spacial score (nSPS) is 15.5. The van der Waals surface area contributed by atoms with Crippen LogP contribution in [0.5, 0.6) is 0 Å². The molecule has 25 heavy (non-hydrogen) atoms. The third kappa shape index (κ3) is 3.06. The Morgan fingerprint density at radius 2 is 1.72 bits per heavy atom. The first-order chi connectivity index (χ1) is 12.2. The first-order valence-electron chi connectivity index (χ1n) is 8.27. The summed E-state index contributed by atoms with van der Waals surface area (Å²) >= 11 is 0. The molecule has 3 aromatic rings. The van der Waals surface area contributed by atoms with Gasteiger partial charge in [-0.1, -0.05) is 6.07 Å². The Labute approximate surface area is 145 Å². The highest BCUT2D eigenvalue weighted by Crippen LogP contribution is 2.23. The van der Waals surface area contributed by atoms with E-state index in [0.717, 1.165) is 48.5 Å². The molecule has 4 rings (SSSR count). The minimum Gasteiger partial charge on any atom is -0.367 e. The summed E-state index contributed by atoms with van der Waals surface area (Å²) in [6, 6.07) is 7.61. The molecule has 0 saturated carbocycles. The van der Waals surface area contributed by atoms with E-state index in [0.29, 0.717) is 11.4 Å². The van der Waals surface area contributed by atoms with Crippen LogP contribution in [0.25, 0.3) is 11.0 Å². The number of rotatable bonds is 3. The van der Waals surface area contributed by atoms with Crippen molar-refractivity contribution < 1.29 is 0 Å². The van der Waals surface area contributed by atoms with E-state index in [4.69, 9.17) is 5.41 Å². The van der Waals surface area contributed by atoms with Gasteiger partial charge >= 0.3 is 0 Å². The van der Waals surface area contributed by atoms with Crippen LogP contribution < -0.4 is 4.90 Å². The number of aromatic nitrogens is 4. The molecule has 0 spiro atoms. The van der Waals surface area contributed by atoms with E-state index in [-0.39, 0.29) is 0 Å². The van der Waals surface area contributed by atoms with Gasteiger partial charge < -0.3 is 9.80 Å². The van der Waals surface area contributed by atoms with Gasteiger partial charge in [-0.2, -0.15) is 5.10 Å². The van der Waals surface area contributed by atoms with Crippen molar-refractivity contribution in [1.29, 1.82) is 5.41 Å². The van der Waals surface area contributed by atoms with E-state index >= 15 is 0 Å². The average Bonchev–Trinajstić information content (AvgIpc) is 2.68. The largest absolute Gasteiger partial charge is 0.367 e. The molecule has 0 aliphatic carbocycles. The van der Waals surface area contributed by atoms with Gasteiger partial charge in [-0.25, -0.2) is 0 Å². The molecule has 2 aromatic heterocycles. The third-order valence-corrected chi connectivity index (χ3v) is 4.54. The Hall–Kier alpha value is -2.93. The Kier molecular flexibility index (Phi) is 4.07. The minimum atomic E-state index is 0.356. The summed E-state index contributed by atoms with van der Waals surface area (Å²) in [5, 5.41) is 16.9. The number of likely N-dealkylation sites (N-methyl/N-ethyl adjacent to an activating group) is 1. The standard InChI is InChI=1S/C18H19N7/c1-24-8-10-25(11-9-24)16-4-5-22-23-18(16)17(19)13-2-3-14-15(12-13)21-7-6-20-14/h2-7,12,19H,8-11H2,1H3. The van der Waals surface area contributed by atoms with E-state index < -0.39 is 0 Å². The molecule has 7 nitrogen and oxygen atoms in total. The Balaban J connectivity index is 1.69. The second kappa shape index (κ2) is 6.52.